The number of hydrogen-bond donors (Lipinski definition) is 1. The van der Waals surface area contributed by atoms with E-state index >= 15 is 0 Å². The lowest BCUT2D eigenvalue weighted by Gasteiger charge is -2.27. The number of alkyl halides is 3. The Balaban J connectivity index is 2.28. The molecule has 0 spiro atoms. The van der Waals surface area contributed by atoms with E-state index in [1.807, 2.05) is 0 Å². The van der Waals surface area contributed by atoms with Gasteiger partial charge in [0.25, 0.3) is 0 Å². The summed E-state index contributed by atoms with van der Waals surface area (Å²) in [6.07, 6.45) is 3.95. The third-order valence-electron chi connectivity index (χ3n) is 3.61. The third-order valence-corrected chi connectivity index (χ3v) is 3.61. The molecule has 1 aliphatic rings. The highest BCUT2D eigenvalue weighted by Crippen LogP contribution is 2.27. The standard InChI is InChI=1S/C14H26F3NO/c1-2-8-18-13(10-19-11-14(15,16)17)9-12-6-4-3-5-7-12/h12-13,18H,2-11H2,1H3. The molecule has 0 aromatic heterocycles. The van der Waals surface area contributed by atoms with Crippen LogP contribution in [0.5, 0.6) is 0 Å². The Kier molecular flexibility index (Phi) is 7.76. The first kappa shape index (κ1) is 16.8. The van der Waals surface area contributed by atoms with Crippen LogP contribution in [0, 0.1) is 5.92 Å². The second-order valence-electron chi connectivity index (χ2n) is 5.52. The molecule has 0 bridgehead atoms. The third kappa shape index (κ3) is 8.47. The summed E-state index contributed by atoms with van der Waals surface area (Å²) in [5.74, 6) is 0.651. The minimum atomic E-state index is -4.22. The lowest BCUT2D eigenvalue weighted by Crippen LogP contribution is -2.37. The van der Waals surface area contributed by atoms with Crippen LogP contribution in [0.3, 0.4) is 0 Å². The highest BCUT2D eigenvalue weighted by Gasteiger charge is 2.28. The number of ether oxygens (including phenoxy) is 1. The van der Waals surface area contributed by atoms with Crippen molar-refractivity contribution in [2.45, 2.75) is 64.1 Å². The highest BCUT2D eigenvalue weighted by molar-refractivity contribution is 4.74. The molecule has 0 saturated heterocycles. The van der Waals surface area contributed by atoms with Crippen molar-refractivity contribution in [3.8, 4) is 0 Å². The Morgan fingerprint density at radius 3 is 2.47 bits per heavy atom. The molecule has 0 aromatic carbocycles. The average Bonchev–Trinajstić information content (AvgIpc) is 2.35. The van der Waals surface area contributed by atoms with Crippen LogP contribution in [0.2, 0.25) is 0 Å². The zero-order valence-electron chi connectivity index (χ0n) is 11.8. The second kappa shape index (κ2) is 8.80. The maximum atomic E-state index is 12.1. The van der Waals surface area contributed by atoms with E-state index in [1.165, 1.54) is 32.1 Å². The van der Waals surface area contributed by atoms with Crippen molar-refractivity contribution >= 4 is 0 Å². The molecule has 2 nitrogen and oxygen atoms in total. The van der Waals surface area contributed by atoms with E-state index in [4.69, 9.17) is 4.74 Å². The number of hydrogen-bond acceptors (Lipinski definition) is 2. The monoisotopic (exact) mass is 281 g/mol. The normalized spacial score (nSPS) is 19.6. The smallest absolute Gasteiger partial charge is 0.370 e. The van der Waals surface area contributed by atoms with Gasteiger partial charge in [-0.2, -0.15) is 13.2 Å². The molecule has 1 unspecified atom stereocenters. The average molecular weight is 281 g/mol. The summed E-state index contributed by atoms with van der Waals surface area (Å²) in [6, 6.07) is 0.0606. The molecule has 114 valence electrons. The number of nitrogens with one attached hydrogen (secondary N) is 1. The van der Waals surface area contributed by atoms with Gasteiger partial charge in [-0.25, -0.2) is 0 Å². The molecule has 19 heavy (non-hydrogen) atoms. The van der Waals surface area contributed by atoms with Crippen molar-refractivity contribution in [1.29, 1.82) is 0 Å². The highest BCUT2D eigenvalue weighted by atomic mass is 19.4. The molecule has 1 atom stereocenters. The molecular weight excluding hydrogens is 255 g/mol. The molecule has 1 saturated carbocycles. The van der Waals surface area contributed by atoms with Gasteiger partial charge in [-0.3, -0.25) is 0 Å². The molecule has 1 fully saturated rings. The first-order valence-electron chi connectivity index (χ1n) is 7.39. The molecule has 0 aliphatic heterocycles. The quantitative estimate of drug-likeness (QED) is 0.728. The van der Waals surface area contributed by atoms with Crippen LogP contribution < -0.4 is 5.32 Å². The molecule has 1 aliphatic carbocycles. The van der Waals surface area contributed by atoms with Gasteiger partial charge in [0.1, 0.15) is 6.61 Å². The van der Waals surface area contributed by atoms with Crippen molar-refractivity contribution in [2.24, 2.45) is 5.92 Å². The van der Waals surface area contributed by atoms with Crippen LogP contribution in [0.4, 0.5) is 13.2 Å². The van der Waals surface area contributed by atoms with Crippen LogP contribution in [0.25, 0.3) is 0 Å². The van der Waals surface area contributed by atoms with Crippen molar-refractivity contribution in [3.05, 3.63) is 0 Å². The van der Waals surface area contributed by atoms with Crippen LogP contribution in [-0.4, -0.2) is 32.0 Å². The lowest BCUT2D eigenvalue weighted by atomic mass is 9.85. The van der Waals surface area contributed by atoms with Crippen LogP contribution >= 0.6 is 0 Å². The number of rotatable bonds is 8. The van der Waals surface area contributed by atoms with E-state index in [1.54, 1.807) is 0 Å². The summed E-state index contributed by atoms with van der Waals surface area (Å²) in [7, 11) is 0. The molecule has 0 amide bonds. The maximum Gasteiger partial charge on any atom is 0.411 e. The zero-order valence-corrected chi connectivity index (χ0v) is 11.8. The summed E-state index contributed by atoms with van der Waals surface area (Å²) in [5, 5.41) is 3.31. The van der Waals surface area contributed by atoms with E-state index in [0.29, 0.717) is 5.92 Å². The Morgan fingerprint density at radius 1 is 1.21 bits per heavy atom. The predicted octanol–water partition coefficient (Wildman–Crippen LogP) is 3.90. The lowest BCUT2D eigenvalue weighted by molar-refractivity contribution is -0.175. The van der Waals surface area contributed by atoms with Gasteiger partial charge in [-0.15, -0.1) is 0 Å². The molecule has 5 heteroatoms. The fourth-order valence-electron chi connectivity index (χ4n) is 2.70. The minimum absolute atomic E-state index is 0.0606. The van der Waals surface area contributed by atoms with E-state index in [2.05, 4.69) is 12.2 Å². The summed E-state index contributed by atoms with van der Waals surface area (Å²) >= 11 is 0. The van der Waals surface area contributed by atoms with E-state index < -0.39 is 12.8 Å². The van der Waals surface area contributed by atoms with Gasteiger partial charge in [0.15, 0.2) is 0 Å². The number of halogens is 3. The Hall–Kier alpha value is -0.290. The molecule has 0 radical (unpaired) electrons. The zero-order chi connectivity index (χ0) is 14.1. The van der Waals surface area contributed by atoms with Gasteiger partial charge < -0.3 is 10.1 Å². The summed E-state index contributed by atoms with van der Waals surface area (Å²) < 4.78 is 41.0. The van der Waals surface area contributed by atoms with Gasteiger partial charge in [-0.05, 0) is 25.3 Å². The summed E-state index contributed by atoms with van der Waals surface area (Å²) in [5.41, 5.74) is 0. The van der Waals surface area contributed by atoms with Gasteiger partial charge >= 0.3 is 6.18 Å². The largest absolute Gasteiger partial charge is 0.411 e. The van der Waals surface area contributed by atoms with Crippen LogP contribution in [0.15, 0.2) is 0 Å². The van der Waals surface area contributed by atoms with Gasteiger partial charge in [-0.1, -0.05) is 39.0 Å². The minimum Gasteiger partial charge on any atom is -0.370 e. The SMILES string of the molecule is CCCNC(COCC(F)(F)F)CC1CCCCC1. The Bertz CT molecular complexity index is 227. The van der Waals surface area contributed by atoms with Crippen molar-refractivity contribution in [1.82, 2.24) is 5.32 Å². The molecule has 0 aromatic rings. The first-order chi connectivity index (χ1) is 9.01. The topological polar surface area (TPSA) is 21.3 Å². The van der Waals surface area contributed by atoms with Crippen molar-refractivity contribution in [3.63, 3.8) is 0 Å². The predicted molar refractivity (Wildman–Crippen MR) is 70.1 cm³/mol. The first-order valence-corrected chi connectivity index (χ1v) is 7.39. The fourth-order valence-corrected chi connectivity index (χ4v) is 2.70. The van der Waals surface area contributed by atoms with E-state index in [0.717, 1.165) is 19.4 Å². The Morgan fingerprint density at radius 2 is 1.89 bits per heavy atom. The maximum absolute atomic E-state index is 12.1. The molecule has 1 N–H and O–H groups in total. The Labute approximate surface area is 114 Å². The summed E-state index contributed by atoms with van der Waals surface area (Å²) in [6.45, 7) is 1.92. The molecular formula is C14H26F3NO. The molecule has 1 rings (SSSR count). The van der Waals surface area contributed by atoms with Crippen LogP contribution in [-0.2, 0) is 4.74 Å². The summed E-state index contributed by atoms with van der Waals surface area (Å²) in [4.78, 5) is 0. The molecule has 0 heterocycles. The van der Waals surface area contributed by atoms with E-state index in [-0.39, 0.29) is 12.6 Å². The van der Waals surface area contributed by atoms with Gasteiger partial charge in [0.2, 0.25) is 0 Å². The second-order valence-corrected chi connectivity index (χ2v) is 5.52. The fraction of sp³-hybridized carbons (Fsp3) is 1.00. The van der Waals surface area contributed by atoms with Crippen molar-refractivity contribution in [2.75, 3.05) is 19.8 Å². The van der Waals surface area contributed by atoms with Crippen LogP contribution in [0.1, 0.15) is 51.9 Å². The van der Waals surface area contributed by atoms with Gasteiger partial charge in [0, 0.05) is 6.04 Å². The van der Waals surface area contributed by atoms with Gasteiger partial charge in [0.05, 0.1) is 6.61 Å². The van der Waals surface area contributed by atoms with Crippen molar-refractivity contribution < 1.29 is 17.9 Å². The van der Waals surface area contributed by atoms with E-state index in [9.17, 15) is 13.2 Å².